The molecule has 0 aliphatic rings. The van der Waals surface area contributed by atoms with E-state index in [1.807, 2.05) is 0 Å². The first-order valence-electron chi connectivity index (χ1n) is 8.28. The molecule has 0 aliphatic carbocycles. The number of nitrogens with one attached hydrogen (secondary N) is 1. The van der Waals surface area contributed by atoms with Crippen molar-refractivity contribution in [2.24, 2.45) is 5.10 Å². The van der Waals surface area contributed by atoms with Crippen molar-refractivity contribution in [3.05, 3.63) is 97.4 Å². The van der Waals surface area contributed by atoms with Crippen molar-refractivity contribution in [3.8, 4) is 5.75 Å². The monoisotopic (exact) mass is 534 g/mol. The fourth-order valence-corrected chi connectivity index (χ4v) is 3.05. The lowest BCUT2D eigenvalue weighted by Gasteiger charge is -2.08. The van der Waals surface area contributed by atoms with Gasteiger partial charge >= 0.3 is 5.97 Å². The molecule has 3 aromatic carbocycles. The second kappa shape index (κ2) is 9.82. The maximum absolute atomic E-state index is 12.4. The van der Waals surface area contributed by atoms with E-state index in [2.05, 4.69) is 42.4 Å². The normalized spacial score (nSPS) is 10.7. The number of hydrogen-bond acceptors (Lipinski definition) is 4. The lowest BCUT2D eigenvalue weighted by Crippen LogP contribution is -2.17. The summed E-state index contributed by atoms with van der Waals surface area (Å²) in [6.45, 7) is 0. The molecule has 29 heavy (non-hydrogen) atoms. The number of amides is 1. The van der Waals surface area contributed by atoms with Gasteiger partial charge in [-0.05, 0) is 66.7 Å². The van der Waals surface area contributed by atoms with Crippen LogP contribution in [0.5, 0.6) is 5.75 Å². The quantitative estimate of drug-likeness (QED) is 0.193. The number of hydrogen-bond donors (Lipinski definition) is 1. The molecule has 0 aliphatic heterocycles. The molecule has 0 spiro atoms. The van der Waals surface area contributed by atoms with Gasteiger partial charge in [-0.3, -0.25) is 4.79 Å². The Labute approximate surface area is 189 Å². The van der Waals surface area contributed by atoms with Gasteiger partial charge in [0, 0.05) is 25.1 Å². The molecule has 0 atom stereocenters. The molecule has 0 aromatic heterocycles. The molecular weight excluding hydrogens is 524 g/mol. The Bertz CT molecular complexity index is 1070. The zero-order chi connectivity index (χ0) is 20.8. The van der Waals surface area contributed by atoms with E-state index in [1.54, 1.807) is 66.7 Å². The molecular formula is C21H13Br2ClN2O3. The zero-order valence-electron chi connectivity index (χ0n) is 14.7. The van der Waals surface area contributed by atoms with Gasteiger partial charge in [0.1, 0.15) is 5.75 Å². The molecule has 1 amide bonds. The van der Waals surface area contributed by atoms with Crippen LogP contribution in [0.2, 0.25) is 5.02 Å². The van der Waals surface area contributed by atoms with Gasteiger partial charge in [-0.1, -0.05) is 43.5 Å². The summed E-state index contributed by atoms with van der Waals surface area (Å²) in [7, 11) is 0. The van der Waals surface area contributed by atoms with Crippen LogP contribution < -0.4 is 10.2 Å². The molecule has 3 rings (SSSR count). The topological polar surface area (TPSA) is 67.8 Å². The van der Waals surface area contributed by atoms with Gasteiger partial charge in [-0.25, -0.2) is 10.2 Å². The van der Waals surface area contributed by atoms with Crippen LogP contribution in [0.3, 0.4) is 0 Å². The third-order valence-corrected chi connectivity index (χ3v) is 5.00. The van der Waals surface area contributed by atoms with E-state index in [9.17, 15) is 9.59 Å². The van der Waals surface area contributed by atoms with Crippen molar-refractivity contribution < 1.29 is 14.3 Å². The van der Waals surface area contributed by atoms with Crippen molar-refractivity contribution in [2.75, 3.05) is 0 Å². The third-order valence-electron chi connectivity index (χ3n) is 3.73. The standard InChI is InChI=1S/C21H13Br2ClN2O3/c22-16-5-1-13(2-6-16)20(27)26-25-12-15-11-17(23)7-10-19(15)29-21(28)14-3-8-18(24)9-4-14/h1-12H,(H,26,27)/b25-12-. The number of halogens is 3. The highest BCUT2D eigenvalue weighted by Gasteiger charge is 2.12. The summed E-state index contributed by atoms with van der Waals surface area (Å²) < 4.78 is 7.11. The second-order valence-electron chi connectivity index (χ2n) is 5.78. The first-order valence-corrected chi connectivity index (χ1v) is 10.2. The van der Waals surface area contributed by atoms with Crippen LogP contribution in [-0.4, -0.2) is 18.1 Å². The highest BCUT2D eigenvalue weighted by atomic mass is 79.9. The van der Waals surface area contributed by atoms with Crippen molar-refractivity contribution in [2.45, 2.75) is 0 Å². The molecule has 5 nitrogen and oxygen atoms in total. The Balaban J connectivity index is 1.73. The molecule has 8 heteroatoms. The van der Waals surface area contributed by atoms with E-state index in [4.69, 9.17) is 16.3 Å². The fourth-order valence-electron chi connectivity index (χ4n) is 2.28. The molecule has 146 valence electrons. The van der Waals surface area contributed by atoms with E-state index < -0.39 is 5.97 Å². The molecule has 0 saturated heterocycles. The average molecular weight is 537 g/mol. The van der Waals surface area contributed by atoms with Gasteiger partial charge < -0.3 is 4.74 Å². The van der Waals surface area contributed by atoms with Gasteiger partial charge in [0.2, 0.25) is 0 Å². The zero-order valence-corrected chi connectivity index (χ0v) is 18.7. The summed E-state index contributed by atoms with van der Waals surface area (Å²) in [4.78, 5) is 24.5. The number of esters is 1. The molecule has 0 bridgehead atoms. The summed E-state index contributed by atoms with van der Waals surface area (Å²) in [6, 6.07) is 18.4. The van der Waals surface area contributed by atoms with E-state index in [0.717, 1.165) is 8.95 Å². The SMILES string of the molecule is O=C(N/N=C\c1cc(Br)ccc1OC(=O)c1ccc(Cl)cc1)c1ccc(Br)cc1. The van der Waals surface area contributed by atoms with E-state index >= 15 is 0 Å². The molecule has 1 N–H and O–H groups in total. The van der Waals surface area contributed by atoms with Crippen LogP contribution in [0.4, 0.5) is 0 Å². The highest BCUT2D eigenvalue weighted by Crippen LogP contribution is 2.23. The van der Waals surface area contributed by atoms with Crippen molar-refractivity contribution >= 4 is 61.6 Å². The van der Waals surface area contributed by atoms with E-state index in [1.165, 1.54) is 6.21 Å². The van der Waals surface area contributed by atoms with Crippen LogP contribution in [0.25, 0.3) is 0 Å². The number of carbonyl (C=O) groups excluding carboxylic acids is 2. The predicted octanol–water partition coefficient (Wildman–Crippen LogP) is 5.85. The van der Waals surface area contributed by atoms with Crippen LogP contribution in [0.1, 0.15) is 26.3 Å². The maximum Gasteiger partial charge on any atom is 0.343 e. The first kappa shape index (κ1) is 21.2. The van der Waals surface area contributed by atoms with Crippen LogP contribution in [0, 0.1) is 0 Å². The Morgan fingerprint density at radius 3 is 2.21 bits per heavy atom. The Morgan fingerprint density at radius 2 is 1.52 bits per heavy atom. The predicted molar refractivity (Wildman–Crippen MR) is 120 cm³/mol. The van der Waals surface area contributed by atoms with Crippen LogP contribution >= 0.6 is 43.5 Å². The number of rotatable bonds is 5. The minimum absolute atomic E-state index is 0.301. The van der Waals surface area contributed by atoms with Gasteiger partial charge in [0.15, 0.2) is 0 Å². The fraction of sp³-hybridized carbons (Fsp3) is 0. The Morgan fingerprint density at radius 1 is 0.897 bits per heavy atom. The Kier molecular flexibility index (Phi) is 7.19. The molecule has 0 unspecified atom stereocenters. The summed E-state index contributed by atoms with van der Waals surface area (Å²) in [6.07, 6.45) is 1.41. The number of hydrazone groups is 1. The van der Waals surface area contributed by atoms with Crippen LogP contribution in [-0.2, 0) is 0 Å². The van der Waals surface area contributed by atoms with Gasteiger partial charge in [0.05, 0.1) is 11.8 Å². The molecule has 0 radical (unpaired) electrons. The van der Waals surface area contributed by atoms with Gasteiger partial charge in [-0.15, -0.1) is 0 Å². The smallest absolute Gasteiger partial charge is 0.343 e. The van der Waals surface area contributed by atoms with Crippen LogP contribution in [0.15, 0.2) is 80.8 Å². The lowest BCUT2D eigenvalue weighted by molar-refractivity contribution is 0.0734. The summed E-state index contributed by atoms with van der Waals surface area (Å²) in [5.74, 6) is -0.587. The van der Waals surface area contributed by atoms with Crippen molar-refractivity contribution in [1.82, 2.24) is 5.43 Å². The van der Waals surface area contributed by atoms with Crippen molar-refractivity contribution in [1.29, 1.82) is 0 Å². The van der Waals surface area contributed by atoms with E-state index in [-0.39, 0.29) is 5.91 Å². The molecule has 0 fully saturated rings. The maximum atomic E-state index is 12.4. The van der Waals surface area contributed by atoms with E-state index in [0.29, 0.717) is 27.5 Å². The average Bonchev–Trinajstić information content (AvgIpc) is 2.70. The summed E-state index contributed by atoms with van der Waals surface area (Å²) in [5.41, 5.74) is 3.79. The van der Waals surface area contributed by atoms with Crippen molar-refractivity contribution in [3.63, 3.8) is 0 Å². The number of benzene rings is 3. The number of carbonyl (C=O) groups is 2. The summed E-state index contributed by atoms with van der Waals surface area (Å²) in [5, 5.41) is 4.50. The molecule has 3 aromatic rings. The minimum Gasteiger partial charge on any atom is -0.422 e. The third kappa shape index (κ3) is 6.00. The second-order valence-corrected chi connectivity index (χ2v) is 8.05. The summed E-state index contributed by atoms with van der Waals surface area (Å²) >= 11 is 12.5. The van der Waals surface area contributed by atoms with Gasteiger partial charge in [-0.2, -0.15) is 5.10 Å². The largest absolute Gasteiger partial charge is 0.422 e. The highest BCUT2D eigenvalue weighted by molar-refractivity contribution is 9.10. The number of nitrogens with zero attached hydrogens (tertiary/aromatic N) is 1. The van der Waals surface area contributed by atoms with Gasteiger partial charge in [0.25, 0.3) is 5.91 Å². The lowest BCUT2D eigenvalue weighted by atomic mass is 10.2. The first-order chi connectivity index (χ1) is 13.9. The molecule has 0 heterocycles. The minimum atomic E-state index is -0.530. The number of ether oxygens (including phenoxy) is 1. The molecule has 0 saturated carbocycles. The Hall–Kier alpha value is -2.48.